The zero-order valence-electron chi connectivity index (χ0n) is 7.05. The molecule has 0 spiro atoms. The molecule has 70 valence electrons. The van der Waals surface area contributed by atoms with E-state index in [9.17, 15) is 4.39 Å². The van der Waals surface area contributed by atoms with E-state index in [1.807, 2.05) is 24.3 Å². The summed E-state index contributed by atoms with van der Waals surface area (Å²) < 4.78 is 15.4. The third-order valence-corrected chi connectivity index (χ3v) is 3.62. The smallest absolute Gasteiger partial charge is 0.181 e. The minimum Gasteiger partial charge on any atom is -0.198 e. The van der Waals surface area contributed by atoms with E-state index in [1.165, 1.54) is 0 Å². The fourth-order valence-electron chi connectivity index (χ4n) is 1.34. The predicted octanol–water partition coefficient (Wildman–Crippen LogP) is 3.71. The van der Waals surface area contributed by atoms with Crippen LogP contribution in [0.4, 0.5) is 4.39 Å². The van der Waals surface area contributed by atoms with Crippen molar-refractivity contribution >= 4 is 44.0 Å². The largest absolute Gasteiger partial charge is 0.198 e. The lowest BCUT2D eigenvalue weighted by molar-refractivity contribution is 0.647. The number of rotatable bonds is 1. The van der Waals surface area contributed by atoms with E-state index in [1.54, 1.807) is 0 Å². The van der Waals surface area contributed by atoms with E-state index in [0.29, 0.717) is 5.56 Å². The van der Waals surface area contributed by atoms with Crippen LogP contribution in [0.3, 0.4) is 0 Å². The Balaban J connectivity index is 2.72. The number of hydrogen-bond acceptors (Lipinski definition) is 2. The maximum Gasteiger partial charge on any atom is 0.181 e. The normalized spacial score (nSPS) is 10.4. The van der Waals surface area contributed by atoms with E-state index in [0.717, 1.165) is 25.0 Å². The second-order valence-corrected chi connectivity index (χ2v) is 5.08. The first-order valence-corrected chi connectivity index (χ1v) is 5.85. The molecule has 1 aromatic carbocycles. The van der Waals surface area contributed by atoms with E-state index in [2.05, 4.69) is 22.6 Å². The second-order valence-electron chi connectivity index (χ2n) is 2.83. The maximum absolute atomic E-state index is 13.4. The number of hydrogen-bond donors (Lipinski definition) is 0. The molecule has 2 aromatic rings. The van der Waals surface area contributed by atoms with E-state index < -0.39 is 0 Å². The Labute approximate surface area is 98.3 Å². The monoisotopic (exact) mass is 317 g/mol. The van der Waals surface area contributed by atoms with Crippen molar-refractivity contribution in [3.8, 4) is 6.07 Å². The van der Waals surface area contributed by atoms with Crippen molar-refractivity contribution in [1.29, 1.82) is 5.26 Å². The Morgan fingerprint density at radius 3 is 3.00 bits per heavy atom. The molecule has 0 saturated carbocycles. The highest BCUT2D eigenvalue weighted by molar-refractivity contribution is 14.1. The highest BCUT2D eigenvalue weighted by Gasteiger charge is 2.11. The molecule has 0 aliphatic heterocycles. The van der Waals surface area contributed by atoms with Gasteiger partial charge in [-0.2, -0.15) is 9.65 Å². The van der Waals surface area contributed by atoms with E-state index in [4.69, 9.17) is 5.26 Å². The average molecular weight is 317 g/mol. The fraction of sp³-hybridized carbons (Fsp3) is 0.100. The van der Waals surface area contributed by atoms with Crippen molar-refractivity contribution < 1.29 is 4.39 Å². The van der Waals surface area contributed by atoms with Crippen LogP contribution in [-0.2, 0) is 6.42 Å². The van der Waals surface area contributed by atoms with Crippen LogP contribution < -0.4 is 0 Å². The summed E-state index contributed by atoms with van der Waals surface area (Å²) in [7, 11) is 0. The molecule has 0 fully saturated rings. The Hall–Kier alpha value is -0.670. The molecule has 0 amide bonds. The van der Waals surface area contributed by atoms with Gasteiger partial charge in [0.1, 0.15) is 0 Å². The van der Waals surface area contributed by atoms with Crippen LogP contribution in [0, 0.1) is 20.0 Å². The lowest BCUT2D eigenvalue weighted by Gasteiger charge is -1.93. The second kappa shape index (κ2) is 3.83. The van der Waals surface area contributed by atoms with Gasteiger partial charge in [-0.15, -0.1) is 11.3 Å². The van der Waals surface area contributed by atoms with Crippen LogP contribution in [0.2, 0.25) is 0 Å². The zero-order chi connectivity index (χ0) is 10.1. The third kappa shape index (κ3) is 1.62. The number of nitrogens with zero attached hydrogens (tertiary/aromatic N) is 1. The predicted molar refractivity (Wildman–Crippen MR) is 63.8 cm³/mol. The minimum absolute atomic E-state index is 0.145. The molecule has 1 heterocycles. The molecular weight excluding hydrogens is 312 g/mol. The molecule has 0 aliphatic carbocycles. The Morgan fingerprint density at radius 2 is 2.29 bits per heavy atom. The molecule has 1 nitrogen and oxygen atoms in total. The van der Waals surface area contributed by atoms with Crippen molar-refractivity contribution in [2.24, 2.45) is 0 Å². The summed E-state index contributed by atoms with van der Waals surface area (Å²) in [5.74, 6) is 0. The summed E-state index contributed by atoms with van der Waals surface area (Å²) in [4.78, 5) is 0. The van der Waals surface area contributed by atoms with Gasteiger partial charge in [-0.05, 0) is 40.1 Å². The number of halogens is 2. The van der Waals surface area contributed by atoms with Crippen molar-refractivity contribution in [2.45, 2.75) is 6.42 Å². The van der Waals surface area contributed by atoms with Gasteiger partial charge in [-0.1, -0.05) is 6.07 Å². The van der Waals surface area contributed by atoms with Crippen LogP contribution in [0.15, 0.2) is 18.2 Å². The van der Waals surface area contributed by atoms with Crippen LogP contribution in [0.25, 0.3) is 10.1 Å². The topological polar surface area (TPSA) is 23.8 Å². The van der Waals surface area contributed by atoms with Gasteiger partial charge in [0.25, 0.3) is 0 Å². The van der Waals surface area contributed by atoms with Crippen molar-refractivity contribution in [3.05, 3.63) is 32.5 Å². The summed E-state index contributed by atoms with van der Waals surface area (Å²) >= 11 is 3.30. The average Bonchev–Trinajstić information content (AvgIpc) is 2.43. The van der Waals surface area contributed by atoms with Crippen LogP contribution in [0.5, 0.6) is 0 Å². The molecule has 0 N–H and O–H groups in total. The number of thiophene rings is 1. The van der Waals surface area contributed by atoms with Gasteiger partial charge in [0, 0.05) is 13.8 Å². The molecule has 1 aromatic heterocycles. The molecule has 0 radical (unpaired) electrons. The first-order chi connectivity index (χ1) is 6.72. The van der Waals surface area contributed by atoms with Gasteiger partial charge in [0.05, 0.1) is 12.5 Å². The van der Waals surface area contributed by atoms with E-state index >= 15 is 0 Å². The van der Waals surface area contributed by atoms with Gasteiger partial charge >= 0.3 is 0 Å². The molecule has 0 saturated heterocycles. The van der Waals surface area contributed by atoms with Crippen LogP contribution in [0.1, 0.15) is 5.56 Å². The zero-order valence-corrected chi connectivity index (χ0v) is 10.0. The summed E-state index contributed by atoms with van der Waals surface area (Å²) in [5.41, 5.74) is 0.531. The highest BCUT2D eigenvalue weighted by atomic mass is 127. The third-order valence-electron chi connectivity index (χ3n) is 1.96. The molecule has 4 heteroatoms. The molecule has 2 rings (SSSR count). The lowest BCUT2D eigenvalue weighted by Crippen LogP contribution is -1.81. The molecule has 0 atom stereocenters. The van der Waals surface area contributed by atoms with Gasteiger partial charge in [0.15, 0.2) is 5.13 Å². The number of benzene rings is 1. The van der Waals surface area contributed by atoms with Crippen LogP contribution >= 0.6 is 33.9 Å². The number of nitriles is 1. The number of fused-ring (bicyclic) bond motifs is 1. The molecule has 0 unspecified atom stereocenters. The Morgan fingerprint density at radius 1 is 1.50 bits per heavy atom. The SMILES string of the molecule is N#CCc1c(F)sc2cc(I)ccc12. The van der Waals surface area contributed by atoms with Gasteiger partial charge in [0.2, 0.25) is 0 Å². The Kier molecular flexibility index (Phi) is 2.70. The quantitative estimate of drug-likeness (QED) is 0.736. The van der Waals surface area contributed by atoms with Gasteiger partial charge < -0.3 is 0 Å². The summed E-state index contributed by atoms with van der Waals surface area (Å²) in [6, 6.07) is 7.72. The lowest BCUT2D eigenvalue weighted by atomic mass is 10.1. The molecule has 14 heavy (non-hydrogen) atoms. The van der Waals surface area contributed by atoms with Gasteiger partial charge in [-0.25, -0.2) is 0 Å². The van der Waals surface area contributed by atoms with Crippen molar-refractivity contribution in [2.75, 3.05) is 0 Å². The molecule has 0 aliphatic rings. The summed E-state index contributed by atoms with van der Waals surface area (Å²) in [5, 5.41) is 9.20. The summed E-state index contributed by atoms with van der Waals surface area (Å²) in [6.45, 7) is 0. The fourth-order valence-corrected chi connectivity index (χ4v) is 3.03. The highest BCUT2D eigenvalue weighted by Crippen LogP contribution is 2.31. The van der Waals surface area contributed by atoms with E-state index in [-0.39, 0.29) is 11.6 Å². The standard InChI is InChI=1S/C10H5FINS/c11-10-8(3-4-13)7-2-1-6(12)5-9(7)14-10/h1-2,5H,3H2. The molecular formula is C10H5FINS. The van der Waals surface area contributed by atoms with Gasteiger partial charge in [-0.3, -0.25) is 0 Å². The molecule has 0 bridgehead atoms. The Bertz CT molecular complexity index is 527. The summed E-state index contributed by atoms with van der Waals surface area (Å²) in [6.07, 6.45) is 0.145. The first-order valence-electron chi connectivity index (χ1n) is 3.95. The minimum atomic E-state index is -0.233. The van der Waals surface area contributed by atoms with Crippen LogP contribution in [-0.4, -0.2) is 0 Å². The van der Waals surface area contributed by atoms with Crippen molar-refractivity contribution in [1.82, 2.24) is 0 Å². The van der Waals surface area contributed by atoms with Crippen molar-refractivity contribution in [3.63, 3.8) is 0 Å². The first kappa shape index (κ1) is 9.87. The maximum atomic E-state index is 13.4.